The summed E-state index contributed by atoms with van der Waals surface area (Å²) in [4.78, 5) is 7.95. The molecule has 0 N–H and O–H groups in total. The van der Waals surface area contributed by atoms with Gasteiger partial charge in [-0.25, -0.2) is 0 Å². The minimum Gasteiger partial charge on any atom is -0.468 e. The first-order chi connectivity index (χ1) is 40.1. The molecular formula is C80H88BN3O. The van der Waals surface area contributed by atoms with Gasteiger partial charge in [0.1, 0.15) is 5.58 Å². The summed E-state index contributed by atoms with van der Waals surface area (Å²) in [6, 6.07) is 57.7. The molecule has 0 saturated carbocycles. The number of hydrogen-bond acceptors (Lipinski definition) is 4. The summed E-state index contributed by atoms with van der Waals surface area (Å²) in [5.74, 6) is 0. The molecule has 4 aliphatic carbocycles. The Balaban J connectivity index is 1.12. The zero-order chi connectivity index (χ0) is 59.5. The number of benzene rings is 8. The van der Waals surface area contributed by atoms with Gasteiger partial charge in [-0.2, -0.15) is 0 Å². The Bertz CT molecular complexity index is 4290. The molecule has 0 spiro atoms. The lowest BCUT2D eigenvalue weighted by molar-refractivity contribution is 0.332. The maximum atomic E-state index is 7.95. The number of rotatable bonds is 5. The van der Waals surface area contributed by atoms with Crippen molar-refractivity contribution in [2.45, 2.75) is 205 Å². The van der Waals surface area contributed by atoms with Crippen LogP contribution < -0.4 is 31.3 Å². The van der Waals surface area contributed by atoms with Crippen molar-refractivity contribution in [3.8, 4) is 0 Å². The first kappa shape index (κ1) is 54.7. The van der Waals surface area contributed by atoms with Crippen molar-refractivity contribution >= 4 is 96.2 Å². The summed E-state index contributed by atoms with van der Waals surface area (Å²) in [6.45, 7) is 39.4. The maximum Gasteiger partial charge on any atom is 0.297 e. The smallest absolute Gasteiger partial charge is 0.297 e. The summed E-state index contributed by atoms with van der Waals surface area (Å²) in [5, 5.41) is 3.65. The average Bonchev–Trinajstić information content (AvgIpc) is 2.26. The molecule has 0 amide bonds. The zero-order valence-electron chi connectivity index (χ0n) is 53.8. The molecule has 0 saturated heterocycles. The van der Waals surface area contributed by atoms with Gasteiger partial charge in [0.05, 0.1) is 17.0 Å². The highest BCUT2D eigenvalue weighted by Crippen LogP contribution is 2.57. The summed E-state index contributed by atoms with van der Waals surface area (Å²) in [6.07, 6.45) is 9.16. The quantitative estimate of drug-likeness (QED) is 0.160. The van der Waals surface area contributed by atoms with Gasteiger partial charge in [-0.1, -0.05) is 178 Å². The Kier molecular flexibility index (Phi) is 11.5. The number of nitrogens with zero attached hydrogens (tertiary/aromatic N) is 3. The summed E-state index contributed by atoms with van der Waals surface area (Å²) in [7, 11) is 0. The molecule has 0 unspecified atom stereocenters. The van der Waals surface area contributed by atoms with Crippen LogP contribution in [-0.2, 0) is 43.3 Å². The van der Waals surface area contributed by atoms with E-state index in [0.717, 1.165) is 73.3 Å². The molecular weight excluding hydrogens is 1030 g/mol. The van der Waals surface area contributed by atoms with E-state index in [-0.39, 0.29) is 50.0 Å². The van der Waals surface area contributed by atoms with Crippen LogP contribution in [0, 0.1) is 0 Å². The fraction of sp³-hybridized carbons (Fsp3) is 0.400. The Morgan fingerprint density at radius 2 is 0.800 bits per heavy atom. The van der Waals surface area contributed by atoms with Crippen molar-refractivity contribution in [3.05, 3.63) is 190 Å². The molecule has 4 nitrogen and oxygen atoms in total. The van der Waals surface area contributed by atoms with E-state index in [9.17, 15) is 0 Å². The molecule has 15 rings (SSSR count). The Labute approximate surface area is 508 Å². The van der Waals surface area contributed by atoms with Crippen LogP contribution >= 0.6 is 0 Å². The molecule has 1 aromatic heterocycles. The van der Waals surface area contributed by atoms with Crippen molar-refractivity contribution < 1.29 is 4.42 Å². The SMILES string of the molecule is CC1(C)CCC(C)(C)c2cc(N3c4cc5c(cc4B4c6oc7cc8c(cc7c6N(c6ccc7c(c6)C(C)(C)CCC7(C)C)c6cc(N(c7ccccc7)c7ccc9ccccc9c7)cc3c64)C(C)(C)CCC8(C)C)C(C)(C)CCC5(C)C)ccc21. The van der Waals surface area contributed by atoms with Crippen LogP contribution in [0.25, 0.3) is 21.7 Å². The largest absolute Gasteiger partial charge is 0.468 e. The normalized spacial score (nSPS) is 20.8. The Morgan fingerprint density at radius 3 is 1.35 bits per heavy atom. The van der Waals surface area contributed by atoms with E-state index in [1.54, 1.807) is 0 Å². The van der Waals surface area contributed by atoms with E-state index in [4.69, 9.17) is 4.42 Å². The first-order valence-corrected chi connectivity index (χ1v) is 32.3. The minimum atomic E-state index is -0.208. The van der Waals surface area contributed by atoms with Gasteiger partial charge in [0.2, 0.25) is 0 Å². The van der Waals surface area contributed by atoms with E-state index in [1.807, 2.05) is 0 Å². The first-order valence-electron chi connectivity index (χ1n) is 32.3. The third kappa shape index (κ3) is 8.12. The van der Waals surface area contributed by atoms with Gasteiger partial charge < -0.3 is 19.1 Å². The number of para-hydroxylation sites is 1. The average molecular weight is 1120 g/mol. The lowest BCUT2D eigenvalue weighted by Gasteiger charge is -2.47. The van der Waals surface area contributed by atoms with Crippen molar-refractivity contribution in [2.24, 2.45) is 0 Å². The van der Waals surface area contributed by atoms with E-state index >= 15 is 0 Å². The fourth-order valence-electron chi connectivity index (χ4n) is 17.0. The molecule has 432 valence electrons. The molecule has 0 fully saturated rings. The van der Waals surface area contributed by atoms with Gasteiger partial charge in [-0.3, -0.25) is 0 Å². The third-order valence-electron chi connectivity index (χ3n) is 23.0. The van der Waals surface area contributed by atoms with Crippen molar-refractivity contribution in [1.29, 1.82) is 0 Å². The van der Waals surface area contributed by atoms with Crippen molar-refractivity contribution in [1.82, 2.24) is 0 Å². The van der Waals surface area contributed by atoms with Crippen LogP contribution in [0.5, 0.6) is 0 Å². The standard InChI is InChI=1S/C80H88BN3O/c1-73(2)32-34-75(5,6)59-41-53(28-30-57(59)73)83-66-47-63-62(78(11,12)37-38-79(63,13)14)46-65(66)81-70-67(83)43-55(82(51-24-18-17-19-25-51)52-27-26-49-22-20-21-23-50(49)40-52)44-68(70)84(54-29-31-58-60(42-54)76(7,8)35-33-74(58,3)4)71-56-45-61-64(48-69(56)85-72(71)81)80(15,16)39-36-77(61,9)10/h17-31,40-48H,32-39H2,1-16H3. The number of hydrogen-bond donors (Lipinski definition) is 0. The summed E-state index contributed by atoms with van der Waals surface area (Å²) < 4.78 is 7.95. The van der Waals surface area contributed by atoms with Gasteiger partial charge in [0, 0.05) is 45.2 Å². The van der Waals surface area contributed by atoms with Crippen molar-refractivity contribution in [2.75, 3.05) is 14.7 Å². The van der Waals surface area contributed by atoms with Gasteiger partial charge in [0.15, 0.2) is 0 Å². The number of anilines is 9. The fourth-order valence-corrected chi connectivity index (χ4v) is 17.0. The summed E-state index contributed by atoms with van der Waals surface area (Å²) in [5.41, 5.74) is 27.0. The molecule has 9 aromatic rings. The Morgan fingerprint density at radius 1 is 0.353 bits per heavy atom. The van der Waals surface area contributed by atoms with Crippen LogP contribution in [0.15, 0.2) is 150 Å². The Hall–Kier alpha value is -6.98. The molecule has 5 heteroatoms. The van der Waals surface area contributed by atoms with Crippen LogP contribution in [0.3, 0.4) is 0 Å². The number of fused-ring (bicyclic) bond motifs is 11. The van der Waals surface area contributed by atoms with E-state index in [0.29, 0.717) is 0 Å². The molecule has 8 aromatic carbocycles. The molecule has 85 heavy (non-hydrogen) atoms. The second-order valence-electron chi connectivity index (χ2n) is 32.4. The zero-order valence-corrected chi connectivity index (χ0v) is 53.8. The molecule has 0 bridgehead atoms. The molecule has 3 heterocycles. The van der Waals surface area contributed by atoms with E-state index in [2.05, 4.69) is 271 Å². The topological polar surface area (TPSA) is 22.9 Å². The highest BCUT2D eigenvalue weighted by atomic mass is 16.3. The van der Waals surface area contributed by atoms with Crippen LogP contribution in [0.4, 0.5) is 51.2 Å². The monoisotopic (exact) mass is 1120 g/mol. The van der Waals surface area contributed by atoms with Crippen molar-refractivity contribution in [3.63, 3.8) is 0 Å². The third-order valence-corrected chi connectivity index (χ3v) is 23.0. The van der Waals surface area contributed by atoms with Crippen LogP contribution in [0.2, 0.25) is 0 Å². The molecule has 2 aliphatic heterocycles. The highest BCUT2D eigenvalue weighted by molar-refractivity contribution is 7.00. The van der Waals surface area contributed by atoms with Gasteiger partial charge in [-0.05, 0) is 240 Å². The second-order valence-corrected chi connectivity index (χ2v) is 32.4. The lowest BCUT2D eigenvalue weighted by atomic mass is 9.35. The van der Waals surface area contributed by atoms with Crippen LogP contribution in [-0.4, -0.2) is 6.71 Å². The van der Waals surface area contributed by atoms with Gasteiger partial charge in [-0.15, -0.1) is 0 Å². The lowest BCUT2D eigenvalue weighted by Crippen LogP contribution is -2.61. The predicted octanol–water partition coefficient (Wildman–Crippen LogP) is 20.5. The van der Waals surface area contributed by atoms with Gasteiger partial charge in [0.25, 0.3) is 6.71 Å². The molecule has 6 aliphatic rings. The number of furan rings is 1. The maximum absolute atomic E-state index is 7.95. The minimum absolute atomic E-state index is 0.00239. The predicted molar refractivity (Wildman–Crippen MR) is 364 cm³/mol. The van der Waals surface area contributed by atoms with Gasteiger partial charge >= 0.3 is 0 Å². The highest BCUT2D eigenvalue weighted by Gasteiger charge is 2.51. The summed E-state index contributed by atoms with van der Waals surface area (Å²) >= 11 is 0. The molecule has 0 radical (unpaired) electrons. The second kappa shape index (κ2) is 17.8. The van der Waals surface area contributed by atoms with E-state index < -0.39 is 0 Å². The molecule has 0 atom stereocenters. The van der Waals surface area contributed by atoms with Crippen LogP contribution in [0.1, 0.15) is 207 Å². The van der Waals surface area contributed by atoms with E-state index in [1.165, 1.54) is 112 Å².